The summed E-state index contributed by atoms with van der Waals surface area (Å²) in [4.78, 5) is 15.7. The zero-order valence-electron chi connectivity index (χ0n) is 14.8. The Hall–Kier alpha value is -1.35. The summed E-state index contributed by atoms with van der Waals surface area (Å²) in [5, 5.41) is 3.19. The average molecular weight is 324 g/mol. The van der Waals surface area contributed by atoms with Crippen LogP contribution in [0.3, 0.4) is 0 Å². The van der Waals surface area contributed by atoms with E-state index in [0.29, 0.717) is 6.04 Å². The van der Waals surface area contributed by atoms with Crippen LogP contribution in [-0.2, 0) is 10.2 Å². The number of carbonyl (C=O) groups excluding carboxylic acids is 1. The summed E-state index contributed by atoms with van der Waals surface area (Å²) >= 11 is 0. The van der Waals surface area contributed by atoms with Crippen LogP contribution in [0, 0.1) is 23.7 Å². The lowest BCUT2D eigenvalue weighted by Crippen LogP contribution is -2.55. The molecule has 1 spiro atoms. The summed E-state index contributed by atoms with van der Waals surface area (Å²) in [6.07, 6.45) is 4.96. The maximum atomic E-state index is 13.1. The van der Waals surface area contributed by atoms with Crippen molar-refractivity contribution in [2.45, 2.75) is 51.0 Å². The monoisotopic (exact) mass is 324 g/mol. The normalized spacial score (nSPS) is 44.1. The number of hydrogen-bond donors (Lipinski definition) is 1. The second-order valence-electron chi connectivity index (χ2n) is 8.81. The smallest absolute Gasteiger partial charge is 0.236 e. The third-order valence-electron chi connectivity index (χ3n) is 8.00. The lowest BCUT2D eigenvalue weighted by atomic mass is 9.61. The third kappa shape index (κ3) is 1.79. The Bertz CT molecular complexity index is 686. The van der Waals surface area contributed by atoms with E-state index in [0.717, 1.165) is 42.3 Å². The van der Waals surface area contributed by atoms with E-state index in [9.17, 15) is 4.79 Å². The molecule has 3 aliphatic heterocycles. The fraction of sp³-hybridized carbons (Fsp3) is 0.667. The summed E-state index contributed by atoms with van der Waals surface area (Å²) in [6.45, 7) is 7.18. The van der Waals surface area contributed by atoms with Crippen molar-refractivity contribution in [2.75, 3.05) is 18.4 Å². The standard InChI is InChI=1S/C21H28N2O/c1-13-7-8-15-12-23-10-9-21(19(23)11-16(15)14(13)2)17-5-3-4-6-18(17)22-20(21)24/h3-6,13-16,19H,7-12H2,1-2H3,(H,22,24)/t13-,14-,15-,16+,19-,21-/m0/s1. The number of benzene rings is 1. The molecule has 0 unspecified atom stereocenters. The van der Waals surface area contributed by atoms with Crippen LogP contribution in [-0.4, -0.2) is 29.9 Å². The van der Waals surface area contributed by atoms with Crippen molar-refractivity contribution >= 4 is 11.6 Å². The molecule has 1 amide bonds. The Morgan fingerprint density at radius 3 is 2.92 bits per heavy atom. The molecule has 1 N–H and O–H groups in total. The first-order chi connectivity index (χ1) is 11.6. The molecule has 0 radical (unpaired) electrons. The molecule has 1 aromatic carbocycles. The number of carbonyl (C=O) groups is 1. The molecule has 1 aliphatic carbocycles. The van der Waals surface area contributed by atoms with E-state index in [2.05, 4.69) is 42.3 Å². The fourth-order valence-corrected chi connectivity index (χ4v) is 6.44. The van der Waals surface area contributed by atoms with Gasteiger partial charge in [0.25, 0.3) is 0 Å². The van der Waals surface area contributed by atoms with Crippen molar-refractivity contribution in [3.8, 4) is 0 Å². The van der Waals surface area contributed by atoms with Gasteiger partial charge in [0, 0.05) is 18.3 Å². The number of fused-ring (bicyclic) bond motifs is 5. The molecule has 5 rings (SSSR count). The molecule has 2 saturated heterocycles. The number of nitrogens with one attached hydrogen (secondary N) is 1. The van der Waals surface area contributed by atoms with Crippen LogP contribution in [0.2, 0.25) is 0 Å². The fourth-order valence-electron chi connectivity index (χ4n) is 6.44. The van der Waals surface area contributed by atoms with E-state index in [1.165, 1.54) is 31.4 Å². The lowest BCUT2D eigenvalue weighted by Gasteiger charge is -2.50. The maximum Gasteiger partial charge on any atom is 0.236 e. The SMILES string of the molecule is C[C@@H]1[C@H]2C[C@@H]3N(CC[C@@]34C(=O)Nc3ccccc34)C[C@@H]2CC[C@@H]1C. The van der Waals surface area contributed by atoms with Crippen LogP contribution in [0.5, 0.6) is 0 Å². The number of amides is 1. The second-order valence-corrected chi connectivity index (χ2v) is 8.81. The Balaban J connectivity index is 1.54. The third-order valence-corrected chi connectivity index (χ3v) is 8.00. The number of rotatable bonds is 0. The molecular weight excluding hydrogens is 296 g/mol. The summed E-state index contributed by atoms with van der Waals surface area (Å²) < 4.78 is 0. The van der Waals surface area contributed by atoms with Gasteiger partial charge in [0.1, 0.15) is 0 Å². The molecule has 3 heterocycles. The van der Waals surface area contributed by atoms with Crippen molar-refractivity contribution in [3.05, 3.63) is 29.8 Å². The highest BCUT2D eigenvalue weighted by molar-refractivity contribution is 6.07. The van der Waals surface area contributed by atoms with E-state index in [1.54, 1.807) is 0 Å². The molecule has 0 bridgehead atoms. The van der Waals surface area contributed by atoms with Crippen LogP contribution < -0.4 is 5.32 Å². The van der Waals surface area contributed by atoms with E-state index in [-0.39, 0.29) is 11.3 Å². The van der Waals surface area contributed by atoms with Crippen molar-refractivity contribution in [1.29, 1.82) is 0 Å². The van der Waals surface area contributed by atoms with Gasteiger partial charge in [-0.1, -0.05) is 38.5 Å². The predicted molar refractivity (Wildman–Crippen MR) is 95.9 cm³/mol. The highest BCUT2D eigenvalue weighted by Crippen LogP contribution is 2.55. The van der Waals surface area contributed by atoms with E-state index < -0.39 is 0 Å². The molecule has 3 fully saturated rings. The van der Waals surface area contributed by atoms with Gasteiger partial charge < -0.3 is 5.32 Å². The molecule has 0 aromatic heterocycles. The first-order valence-corrected chi connectivity index (χ1v) is 9.76. The Morgan fingerprint density at radius 1 is 1.21 bits per heavy atom. The topological polar surface area (TPSA) is 32.3 Å². The largest absolute Gasteiger partial charge is 0.325 e. The number of hydrogen-bond acceptors (Lipinski definition) is 2. The van der Waals surface area contributed by atoms with Gasteiger partial charge in [-0.3, -0.25) is 9.69 Å². The van der Waals surface area contributed by atoms with Crippen molar-refractivity contribution in [2.24, 2.45) is 23.7 Å². The molecule has 128 valence electrons. The minimum absolute atomic E-state index is 0.256. The van der Waals surface area contributed by atoms with Gasteiger partial charge in [0.2, 0.25) is 5.91 Å². The van der Waals surface area contributed by atoms with Crippen LogP contribution in [0.15, 0.2) is 24.3 Å². The van der Waals surface area contributed by atoms with Crippen molar-refractivity contribution in [3.63, 3.8) is 0 Å². The van der Waals surface area contributed by atoms with Gasteiger partial charge in [-0.25, -0.2) is 0 Å². The van der Waals surface area contributed by atoms with Gasteiger partial charge >= 0.3 is 0 Å². The summed E-state index contributed by atoms with van der Waals surface area (Å²) in [7, 11) is 0. The van der Waals surface area contributed by atoms with E-state index in [4.69, 9.17) is 0 Å². The van der Waals surface area contributed by atoms with Crippen molar-refractivity contribution < 1.29 is 4.79 Å². The molecule has 4 aliphatic rings. The molecule has 1 saturated carbocycles. The summed E-state index contributed by atoms with van der Waals surface area (Å²) in [5.74, 6) is 3.53. The van der Waals surface area contributed by atoms with Crippen LogP contribution in [0.1, 0.15) is 45.1 Å². The lowest BCUT2D eigenvalue weighted by molar-refractivity contribution is -0.123. The van der Waals surface area contributed by atoms with Gasteiger partial charge in [-0.2, -0.15) is 0 Å². The Labute approximate surface area is 144 Å². The van der Waals surface area contributed by atoms with Gasteiger partial charge in [0.15, 0.2) is 0 Å². The molecule has 24 heavy (non-hydrogen) atoms. The van der Waals surface area contributed by atoms with Gasteiger partial charge in [-0.05, 0) is 61.1 Å². The zero-order chi connectivity index (χ0) is 16.5. The maximum absolute atomic E-state index is 13.1. The van der Waals surface area contributed by atoms with E-state index >= 15 is 0 Å². The first-order valence-electron chi connectivity index (χ1n) is 9.76. The van der Waals surface area contributed by atoms with Gasteiger partial charge in [0.05, 0.1) is 5.41 Å². The number of nitrogens with zero attached hydrogens (tertiary/aromatic N) is 1. The minimum atomic E-state index is -0.290. The van der Waals surface area contributed by atoms with Crippen LogP contribution in [0.25, 0.3) is 0 Å². The number of para-hydroxylation sites is 1. The average Bonchev–Trinajstić information content (AvgIpc) is 3.10. The molecule has 3 heteroatoms. The van der Waals surface area contributed by atoms with Crippen molar-refractivity contribution in [1.82, 2.24) is 4.90 Å². The Morgan fingerprint density at radius 2 is 2.04 bits per heavy atom. The zero-order valence-corrected chi connectivity index (χ0v) is 14.8. The molecular formula is C21H28N2O. The predicted octanol–water partition coefficient (Wildman–Crippen LogP) is 3.65. The van der Waals surface area contributed by atoms with E-state index in [1.807, 2.05) is 6.07 Å². The number of piperidine rings is 1. The highest BCUT2D eigenvalue weighted by Gasteiger charge is 2.60. The summed E-state index contributed by atoms with van der Waals surface area (Å²) in [6, 6.07) is 8.79. The molecule has 3 nitrogen and oxygen atoms in total. The minimum Gasteiger partial charge on any atom is -0.325 e. The van der Waals surface area contributed by atoms with Crippen LogP contribution >= 0.6 is 0 Å². The summed E-state index contributed by atoms with van der Waals surface area (Å²) in [5.41, 5.74) is 2.02. The molecule has 6 atom stereocenters. The number of anilines is 1. The Kier molecular flexibility index (Phi) is 3.16. The van der Waals surface area contributed by atoms with Gasteiger partial charge in [-0.15, -0.1) is 0 Å². The highest BCUT2D eigenvalue weighted by atomic mass is 16.2. The van der Waals surface area contributed by atoms with Crippen LogP contribution in [0.4, 0.5) is 5.69 Å². The first kappa shape index (κ1) is 14.9. The quantitative estimate of drug-likeness (QED) is 0.790. The second kappa shape index (κ2) is 5.08. The molecule has 1 aromatic rings.